The number of rotatable bonds is 6. The third-order valence-corrected chi connectivity index (χ3v) is 6.57. The summed E-state index contributed by atoms with van der Waals surface area (Å²) in [5.41, 5.74) is -3.68. The number of methoxy groups -OCH3 is 1. The molecule has 4 rings (SSSR count). The fraction of sp³-hybridized carbons (Fsp3) is 0.280. The molecule has 2 unspecified atom stereocenters. The number of hydrogen-bond acceptors (Lipinski definition) is 8. The predicted octanol–water partition coefficient (Wildman–Crippen LogP) is 4.62. The van der Waals surface area contributed by atoms with Gasteiger partial charge in [0.25, 0.3) is 5.91 Å². The van der Waals surface area contributed by atoms with Gasteiger partial charge in [-0.25, -0.2) is 14.8 Å². The molecule has 2 atom stereocenters. The van der Waals surface area contributed by atoms with Gasteiger partial charge in [-0.3, -0.25) is 4.79 Å². The number of aliphatic hydroxyl groups is 1. The Kier molecular flexibility index (Phi) is 7.22. The summed E-state index contributed by atoms with van der Waals surface area (Å²) in [5.74, 6) is -2.34. The van der Waals surface area contributed by atoms with Gasteiger partial charge in [0, 0.05) is 30.4 Å². The van der Waals surface area contributed by atoms with Gasteiger partial charge in [-0.2, -0.15) is 13.2 Å². The minimum Gasteiger partial charge on any atom is -0.482 e. The highest BCUT2D eigenvalue weighted by Crippen LogP contribution is 2.51. The van der Waals surface area contributed by atoms with Crippen molar-refractivity contribution in [2.75, 3.05) is 25.7 Å². The molecule has 2 heterocycles. The van der Waals surface area contributed by atoms with E-state index < -0.39 is 35.1 Å². The van der Waals surface area contributed by atoms with Crippen molar-refractivity contribution >= 4 is 29.2 Å². The smallest absolute Gasteiger partial charge is 0.422 e. The number of benzene rings is 2. The second-order valence-electron chi connectivity index (χ2n) is 8.44. The molecule has 1 aliphatic rings. The number of anilines is 1. The van der Waals surface area contributed by atoms with Gasteiger partial charge < -0.3 is 24.2 Å². The monoisotopic (exact) mass is 551 g/mol. The van der Waals surface area contributed by atoms with E-state index in [-0.39, 0.29) is 46.0 Å². The molecule has 1 amide bonds. The van der Waals surface area contributed by atoms with Crippen LogP contribution in [0.5, 0.6) is 17.5 Å². The minimum atomic E-state index is -5.12. The van der Waals surface area contributed by atoms with E-state index in [1.807, 2.05) is 0 Å². The number of fused-ring (bicyclic) bond motifs is 1. The number of amides is 1. The van der Waals surface area contributed by atoms with Crippen molar-refractivity contribution in [3.05, 3.63) is 70.5 Å². The molecule has 3 aromatic rings. The third-order valence-electron chi connectivity index (χ3n) is 6.24. The number of carbonyl (C=O) groups excluding carboxylic acids is 2. The standard InChI is InChI=1S/C25H21ClF3N3O6/c1-13(17-6-5-16(9-18(17)26)38-23-30-10-14(11-31-23)22(34)36-3)24(35,25(27,28)29)15-4-7-20-19(8-15)32(2)21(33)12-37-20/h4-11,13,35H,12H2,1-3H3. The number of hydrogen-bond donors (Lipinski definition) is 1. The van der Waals surface area contributed by atoms with Crippen LogP contribution in [0, 0.1) is 0 Å². The second-order valence-corrected chi connectivity index (χ2v) is 8.85. The molecule has 1 N–H and O–H groups in total. The normalized spacial score (nSPS) is 15.7. The summed E-state index contributed by atoms with van der Waals surface area (Å²) in [6.45, 7) is 0.946. The Labute approximate surface area is 219 Å². The highest BCUT2D eigenvalue weighted by Gasteiger charge is 2.59. The van der Waals surface area contributed by atoms with E-state index >= 15 is 0 Å². The first kappa shape index (κ1) is 27.1. The molecule has 1 aromatic heterocycles. The highest BCUT2D eigenvalue weighted by atomic mass is 35.5. The van der Waals surface area contributed by atoms with Crippen molar-refractivity contribution in [1.82, 2.24) is 9.97 Å². The molecule has 0 fully saturated rings. The number of alkyl halides is 3. The van der Waals surface area contributed by atoms with E-state index in [9.17, 15) is 27.9 Å². The van der Waals surface area contributed by atoms with E-state index in [1.165, 1.54) is 62.6 Å². The van der Waals surface area contributed by atoms with Gasteiger partial charge in [0.05, 0.1) is 18.4 Å². The average Bonchev–Trinajstić information content (AvgIpc) is 2.89. The van der Waals surface area contributed by atoms with Gasteiger partial charge in [0.2, 0.25) is 0 Å². The lowest BCUT2D eigenvalue weighted by molar-refractivity contribution is -0.274. The van der Waals surface area contributed by atoms with Gasteiger partial charge in [-0.05, 0) is 35.4 Å². The Morgan fingerprint density at radius 1 is 1.18 bits per heavy atom. The molecule has 200 valence electrons. The molecule has 0 bridgehead atoms. The lowest BCUT2D eigenvalue weighted by Crippen LogP contribution is -2.47. The van der Waals surface area contributed by atoms with Crippen LogP contribution in [-0.4, -0.2) is 53.9 Å². The van der Waals surface area contributed by atoms with Crippen LogP contribution in [0.25, 0.3) is 0 Å². The van der Waals surface area contributed by atoms with Gasteiger partial charge in [0.15, 0.2) is 12.2 Å². The first-order chi connectivity index (χ1) is 17.9. The summed E-state index contributed by atoms with van der Waals surface area (Å²) in [4.78, 5) is 32.4. The first-order valence-corrected chi connectivity index (χ1v) is 11.4. The quantitative estimate of drug-likeness (QED) is 0.442. The molecule has 0 aliphatic carbocycles. The first-order valence-electron chi connectivity index (χ1n) is 11.1. The Hall–Kier alpha value is -3.90. The molecule has 0 saturated heterocycles. The van der Waals surface area contributed by atoms with Gasteiger partial charge in [-0.15, -0.1) is 0 Å². The SMILES string of the molecule is COC(=O)c1cnc(Oc2ccc(C(C)C(O)(c3ccc4c(c3)N(C)C(=O)CO4)C(F)(F)F)c(Cl)c2)nc1. The van der Waals surface area contributed by atoms with E-state index in [2.05, 4.69) is 14.7 Å². The molecule has 0 saturated carbocycles. The van der Waals surface area contributed by atoms with Crippen molar-refractivity contribution in [2.45, 2.75) is 24.6 Å². The number of carbonyl (C=O) groups is 2. The number of likely N-dealkylation sites (N-methyl/N-ethyl adjacent to an activating group) is 1. The summed E-state index contributed by atoms with van der Waals surface area (Å²) in [5, 5.41) is 11.1. The number of aromatic nitrogens is 2. The summed E-state index contributed by atoms with van der Waals surface area (Å²) in [6.07, 6.45) is -2.75. The van der Waals surface area contributed by atoms with E-state index in [0.717, 1.165) is 12.1 Å². The lowest BCUT2D eigenvalue weighted by Gasteiger charge is -2.38. The van der Waals surface area contributed by atoms with E-state index in [1.54, 1.807) is 0 Å². The summed E-state index contributed by atoms with van der Waals surface area (Å²) in [7, 11) is 2.61. The van der Waals surface area contributed by atoms with Crippen molar-refractivity contribution < 1.29 is 42.1 Å². The number of nitrogens with zero attached hydrogens (tertiary/aromatic N) is 3. The maximum absolute atomic E-state index is 14.5. The van der Waals surface area contributed by atoms with Crippen LogP contribution in [-0.2, 0) is 15.1 Å². The van der Waals surface area contributed by atoms with Crippen molar-refractivity contribution in [3.8, 4) is 17.5 Å². The van der Waals surface area contributed by atoms with Gasteiger partial charge >= 0.3 is 18.2 Å². The Bertz CT molecular complexity index is 1390. The zero-order valence-corrected chi connectivity index (χ0v) is 21.0. The molecule has 0 radical (unpaired) electrons. The van der Waals surface area contributed by atoms with Gasteiger partial charge in [-0.1, -0.05) is 30.7 Å². The van der Waals surface area contributed by atoms with Crippen LogP contribution in [0.4, 0.5) is 18.9 Å². The van der Waals surface area contributed by atoms with Crippen LogP contribution < -0.4 is 14.4 Å². The maximum atomic E-state index is 14.5. The highest BCUT2D eigenvalue weighted by molar-refractivity contribution is 6.31. The van der Waals surface area contributed by atoms with Crippen LogP contribution in [0.15, 0.2) is 48.8 Å². The van der Waals surface area contributed by atoms with Gasteiger partial charge in [0.1, 0.15) is 11.5 Å². The molecule has 38 heavy (non-hydrogen) atoms. The number of ether oxygens (including phenoxy) is 3. The average molecular weight is 552 g/mol. The van der Waals surface area contributed by atoms with Crippen LogP contribution >= 0.6 is 11.6 Å². The second kappa shape index (κ2) is 10.1. The van der Waals surface area contributed by atoms with Crippen molar-refractivity contribution in [2.24, 2.45) is 0 Å². The number of esters is 1. The molecule has 2 aromatic carbocycles. The Morgan fingerprint density at radius 3 is 2.47 bits per heavy atom. The maximum Gasteiger partial charge on any atom is 0.422 e. The van der Waals surface area contributed by atoms with E-state index in [4.69, 9.17) is 21.1 Å². The molecule has 9 nitrogen and oxygen atoms in total. The molecule has 1 aliphatic heterocycles. The van der Waals surface area contributed by atoms with Crippen molar-refractivity contribution in [1.29, 1.82) is 0 Å². The predicted molar refractivity (Wildman–Crippen MR) is 129 cm³/mol. The van der Waals surface area contributed by atoms with E-state index in [0.29, 0.717) is 0 Å². The Balaban J connectivity index is 1.66. The largest absolute Gasteiger partial charge is 0.482 e. The van der Waals surface area contributed by atoms with Crippen LogP contribution in [0.2, 0.25) is 5.02 Å². The minimum absolute atomic E-state index is 0.0146. The fourth-order valence-corrected chi connectivity index (χ4v) is 4.35. The zero-order valence-electron chi connectivity index (χ0n) is 20.2. The van der Waals surface area contributed by atoms with Crippen molar-refractivity contribution in [3.63, 3.8) is 0 Å². The summed E-state index contributed by atoms with van der Waals surface area (Å²) < 4.78 is 58.7. The molecule has 0 spiro atoms. The number of halogens is 4. The third kappa shape index (κ3) is 4.84. The summed E-state index contributed by atoms with van der Waals surface area (Å²) >= 11 is 6.34. The Morgan fingerprint density at radius 2 is 1.87 bits per heavy atom. The van der Waals surface area contributed by atoms with Crippen LogP contribution in [0.3, 0.4) is 0 Å². The summed E-state index contributed by atoms with van der Waals surface area (Å²) in [6, 6.07) is 7.22. The molecular weight excluding hydrogens is 531 g/mol. The fourth-order valence-electron chi connectivity index (χ4n) is 4.01. The lowest BCUT2D eigenvalue weighted by atomic mass is 9.77. The van der Waals surface area contributed by atoms with Crippen LogP contribution in [0.1, 0.15) is 34.3 Å². The molecule has 13 heteroatoms. The molecular formula is C25H21ClF3N3O6. The zero-order chi connectivity index (χ0) is 27.8. The topological polar surface area (TPSA) is 111 Å².